The molecule has 0 radical (unpaired) electrons. The van der Waals surface area contributed by atoms with Crippen LogP contribution in [0.3, 0.4) is 0 Å². The van der Waals surface area contributed by atoms with Crippen LogP contribution >= 0.6 is 0 Å². The number of fused-ring (bicyclic) bond motifs is 4. The Balaban J connectivity index is 0.00000200. The minimum absolute atomic E-state index is 0. The Morgan fingerprint density at radius 3 is 2.53 bits per heavy atom. The zero-order valence-corrected chi connectivity index (χ0v) is 19.7. The fraction of sp³-hybridized carbons (Fsp3) is 0.423. The second-order valence-corrected chi connectivity index (χ2v) is 9.85. The average Bonchev–Trinajstić information content (AvgIpc) is 2.85. The molecule has 3 aromatic rings. The van der Waals surface area contributed by atoms with Gasteiger partial charge in [-0.2, -0.15) is 0 Å². The predicted octanol–water partition coefficient (Wildman–Crippen LogP) is 4.37. The standard InChI is InChI=1S/C26H26F3N3O4.2H2/c1-14(18-4-2-17(28)11-20(18)29)30-23(33)22(12-26-8-6-15(7-9-26)13-36-26)32-24(34)19-10-16(27)3-5-21(19)31-25(32)35;;/h2-5,10-11,14-15,22H,6-9,12-13H2,1H3,(H,30,33)(H,31,35);2*1H/t14-,15?,22+,26?;;/m1../s1. The maximum Gasteiger partial charge on any atom is 0.329 e. The quantitative estimate of drug-likeness (QED) is 0.521. The SMILES string of the molecule is C[C@@H](NC(=O)[C@H](CC12CCC(CC1)CO2)n1c(=O)[nH]c2ccc(F)cc2c1=O)c1ccc(F)cc1F.[HH].[HH]. The van der Waals surface area contributed by atoms with Crippen LogP contribution in [0.1, 0.15) is 59.5 Å². The molecular formula is C26H30F3N3O4. The van der Waals surface area contributed by atoms with Crippen molar-refractivity contribution in [1.82, 2.24) is 14.9 Å². The molecule has 3 heterocycles. The third-order valence-corrected chi connectivity index (χ3v) is 7.50. The molecule has 2 saturated heterocycles. The van der Waals surface area contributed by atoms with Gasteiger partial charge in [-0.15, -0.1) is 0 Å². The number of nitrogens with zero attached hydrogens (tertiary/aromatic N) is 1. The molecule has 3 fully saturated rings. The fourth-order valence-electron chi connectivity index (χ4n) is 5.45. The summed E-state index contributed by atoms with van der Waals surface area (Å²) in [6.45, 7) is 2.06. The van der Waals surface area contributed by atoms with E-state index in [1.807, 2.05) is 0 Å². The maximum absolute atomic E-state index is 14.4. The Morgan fingerprint density at radius 1 is 1.17 bits per heavy atom. The maximum atomic E-state index is 14.4. The summed E-state index contributed by atoms with van der Waals surface area (Å²) in [5.41, 5.74) is -2.12. The van der Waals surface area contributed by atoms with Crippen molar-refractivity contribution in [3.8, 4) is 0 Å². The molecule has 0 unspecified atom stereocenters. The first-order valence-corrected chi connectivity index (χ1v) is 12.0. The molecule has 0 spiro atoms. The number of carbonyl (C=O) groups is 1. The van der Waals surface area contributed by atoms with E-state index in [2.05, 4.69) is 10.3 Å². The van der Waals surface area contributed by atoms with Gasteiger partial charge in [-0.05, 0) is 62.8 Å². The second kappa shape index (κ2) is 9.24. The summed E-state index contributed by atoms with van der Waals surface area (Å²) in [7, 11) is 0. The number of aromatic nitrogens is 2. The molecule has 3 aliphatic rings. The highest BCUT2D eigenvalue weighted by atomic mass is 19.1. The molecule has 2 N–H and O–H groups in total. The van der Waals surface area contributed by atoms with E-state index in [1.165, 1.54) is 19.1 Å². The van der Waals surface area contributed by atoms with Gasteiger partial charge in [0.15, 0.2) is 0 Å². The molecule has 36 heavy (non-hydrogen) atoms. The fourth-order valence-corrected chi connectivity index (χ4v) is 5.45. The topological polar surface area (TPSA) is 93.2 Å². The number of aromatic amines is 1. The molecule has 2 aliphatic heterocycles. The summed E-state index contributed by atoms with van der Waals surface area (Å²) in [6, 6.07) is 4.27. The van der Waals surface area contributed by atoms with Gasteiger partial charge < -0.3 is 15.0 Å². The van der Waals surface area contributed by atoms with Gasteiger partial charge in [0.25, 0.3) is 5.56 Å². The molecule has 2 bridgehead atoms. The van der Waals surface area contributed by atoms with Crippen LogP contribution in [0.5, 0.6) is 0 Å². The van der Waals surface area contributed by atoms with Gasteiger partial charge in [0.2, 0.25) is 5.91 Å². The number of hydrogen-bond acceptors (Lipinski definition) is 4. The number of amides is 1. The second-order valence-electron chi connectivity index (χ2n) is 9.85. The van der Waals surface area contributed by atoms with Crippen LogP contribution in [-0.4, -0.2) is 27.7 Å². The van der Waals surface area contributed by atoms with E-state index in [-0.39, 0.29) is 25.7 Å². The van der Waals surface area contributed by atoms with Crippen LogP contribution < -0.4 is 16.6 Å². The van der Waals surface area contributed by atoms with E-state index in [0.29, 0.717) is 25.4 Å². The molecule has 10 heteroatoms. The number of carbonyl (C=O) groups excluding carboxylic acids is 1. The lowest BCUT2D eigenvalue weighted by molar-refractivity contribution is -0.158. The molecule has 1 amide bonds. The molecule has 6 rings (SSSR count). The highest BCUT2D eigenvalue weighted by Crippen LogP contribution is 2.45. The molecule has 194 valence electrons. The third kappa shape index (κ3) is 4.45. The average molecular weight is 506 g/mol. The molecule has 1 aromatic heterocycles. The Hall–Kier alpha value is -3.40. The van der Waals surface area contributed by atoms with E-state index in [4.69, 9.17) is 4.74 Å². The van der Waals surface area contributed by atoms with Crippen molar-refractivity contribution in [2.75, 3.05) is 6.61 Å². The zero-order valence-electron chi connectivity index (χ0n) is 19.7. The minimum Gasteiger partial charge on any atom is -0.375 e. The highest BCUT2D eigenvalue weighted by molar-refractivity contribution is 5.82. The lowest BCUT2D eigenvalue weighted by Gasteiger charge is -2.47. The van der Waals surface area contributed by atoms with Gasteiger partial charge in [0.1, 0.15) is 23.5 Å². The van der Waals surface area contributed by atoms with Crippen LogP contribution in [-0.2, 0) is 9.53 Å². The predicted molar refractivity (Wildman–Crippen MR) is 130 cm³/mol. The van der Waals surface area contributed by atoms with Crippen molar-refractivity contribution in [2.45, 2.75) is 56.7 Å². The van der Waals surface area contributed by atoms with Gasteiger partial charge >= 0.3 is 5.69 Å². The Bertz CT molecular complexity index is 1440. The first kappa shape index (κ1) is 24.3. The van der Waals surface area contributed by atoms with Crippen LogP contribution in [0.4, 0.5) is 13.2 Å². The van der Waals surface area contributed by atoms with Crippen molar-refractivity contribution in [3.63, 3.8) is 0 Å². The number of halogens is 3. The summed E-state index contributed by atoms with van der Waals surface area (Å²) in [6.07, 6.45) is 3.24. The van der Waals surface area contributed by atoms with Crippen molar-refractivity contribution in [1.29, 1.82) is 0 Å². The van der Waals surface area contributed by atoms with Gasteiger partial charge in [-0.3, -0.25) is 9.59 Å². The molecule has 1 saturated carbocycles. The Kier molecular flexibility index (Phi) is 6.23. The van der Waals surface area contributed by atoms with Gasteiger partial charge in [0.05, 0.1) is 29.2 Å². The minimum atomic E-state index is -1.30. The first-order chi connectivity index (χ1) is 17.2. The van der Waals surface area contributed by atoms with Gasteiger partial charge in [0, 0.05) is 20.9 Å². The van der Waals surface area contributed by atoms with Crippen LogP contribution in [0.15, 0.2) is 46.0 Å². The number of H-pyrrole nitrogens is 1. The number of ether oxygens (including phenoxy) is 1. The van der Waals surface area contributed by atoms with E-state index in [1.54, 1.807) is 0 Å². The lowest BCUT2D eigenvalue weighted by atomic mass is 9.73. The van der Waals surface area contributed by atoms with Gasteiger partial charge in [-0.25, -0.2) is 22.5 Å². The largest absolute Gasteiger partial charge is 0.375 e. The molecule has 1 aliphatic carbocycles. The van der Waals surface area contributed by atoms with E-state index in [9.17, 15) is 27.6 Å². The van der Waals surface area contributed by atoms with Crippen molar-refractivity contribution in [2.24, 2.45) is 5.92 Å². The summed E-state index contributed by atoms with van der Waals surface area (Å²) in [4.78, 5) is 42.6. The monoisotopic (exact) mass is 505 g/mol. The first-order valence-electron chi connectivity index (χ1n) is 12.0. The highest BCUT2D eigenvalue weighted by Gasteiger charge is 2.45. The number of hydrogen-bond donors (Lipinski definition) is 2. The Labute approximate surface area is 207 Å². The van der Waals surface area contributed by atoms with Crippen molar-refractivity contribution in [3.05, 3.63) is 80.3 Å². The van der Waals surface area contributed by atoms with Crippen molar-refractivity contribution >= 4 is 16.8 Å². The van der Waals surface area contributed by atoms with Crippen molar-refractivity contribution < 1.29 is 25.6 Å². The molecule has 7 nitrogen and oxygen atoms in total. The molecule has 2 atom stereocenters. The molecule has 2 aromatic carbocycles. The van der Waals surface area contributed by atoms with Crippen LogP contribution in [0.25, 0.3) is 10.9 Å². The lowest BCUT2D eigenvalue weighted by Crippen LogP contribution is -2.52. The van der Waals surface area contributed by atoms with Gasteiger partial charge in [-0.1, -0.05) is 6.07 Å². The van der Waals surface area contributed by atoms with E-state index in [0.717, 1.165) is 41.7 Å². The number of nitrogens with one attached hydrogen (secondary N) is 2. The summed E-state index contributed by atoms with van der Waals surface area (Å²) >= 11 is 0. The van der Waals surface area contributed by atoms with Crippen LogP contribution in [0.2, 0.25) is 0 Å². The smallest absolute Gasteiger partial charge is 0.329 e. The normalized spacial score (nSPS) is 22.9. The third-order valence-electron chi connectivity index (χ3n) is 7.50. The summed E-state index contributed by atoms with van der Waals surface area (Å²) < 4.78 is 48.5. The zero-order chi connectivity index (χ0) is 25.6. The van der Waals surface area contributed by atoms with Crippen LogP contribution in [0, 0.1) is 23.4 Å². The van der Waals surface area contributed by atoms with E-state index < -0.39 is 52.3 Å². The Morgan fingerprint density at radius 2 is 1.86 bits per heavy atom. The van der Waals surface area contributed by atoms with E-state index >= 15 is 0 Å². The summed E-state index contributed by atoms with van der Waals surface area (Å²) in [5.74, 6) is -2.48. The molecular weight excluding hydrogens is 475 g/mol. The number of rotatable bonds is 6. The summed E-state index contributed by atoms with van der Waals surface area (Å²) in [5, 5.41) is 2.60. The number of benzene rings is 2.